The number of aromatic nitrogens is 1. The Hall–Kier alpha value is -3.37. The first-order valence-corrected chi connectivity index (χ1v) is 12.8. The zero-order chi connectivity index (χ0) is 24.0. The van der Waals surface area contributed by atoms with E-state index >= 15 is 0 Å². The molecule has 0 radical (unpaired) electrons. The van der Waals surface area contributed by atoms with Crippen molar-refractivity contribution in [2.75, 3.05) is 19.6 Å². The summed E-state index contributed by atoms with van der Waals surface area (Å²) in [5.41, 5.74) is 6.60. The van der Waals surface area contributed by atoms with E-state index in [1.807, 2.05) is 18.2 Å². The van der Waals surface area contributed by atoms with Crippen molar-refractivity contribution in [2.24, 2.45) is 5.92 Å². The van der Waals surface area contributed by atoms with Gasteiger partial charge in [0.15, 0.2) is 0 Å². The summed E-state index contributed by atoms with van der Waals surface area (Å²) in [6.07, 6.45) is 2.74. The summed E-state index contributed by atoms with van der Waals surface area (Å²) < 4.78 is 2.47. The topological polar surface area (TPSA) is 37.3 Å². The van der Waals surface area contributed by atoms with Crippen LogP contribution in [0.5, 0.6) is 0 Å². The Labute approximate surface area is 208 Å². The maximum absolute atomic E-state index is 12.7. The van der Waals surface area contributed by atoms with Gasteiger partial charge in [0.2, 0.25) is 5.91 Å². The van der Waals surface area contributed by atoms with Crippen molar-refractivity contribution in [1.29, 1.82) is 0 Å². The van der Waals surface area contributed by atoms with Crippen LogP contribution in [0.2, 0.25) is 0 Å². The van der Waals surface area contributed by atoms with E-state index in [9.17, 15) is 4.79 Å². The zero-order valence-corrected chi connectivity index (χ0v) is 20.6. The third-order valence-corrected chi connectivity index (χ3v) is 7.39. The molecule has 0 atom stereocenters. The van der Waals surface area contributed by atoms with Crippen LogP contribution in [0.4, 0.5) is 0 Å². The van der Waals surface area contributed by atoms with Crippen molar-refractivity contribution >= 4 is 16.8 Å². The molecule has 0 bridgehead atoms. The van der Waals surface area contributed by atoms with E-state index in [0.29, 0.717) is 6.54 Å². The number of hydrogen-bond donors (Lipinski definition) is 1. The van der Waals surface area contributed by atoms with Gasteiger partial charge in [-0.05, 0) is 73.5 Å². The average molecular weight is 466 g/mol. The van der Waals surface area contributed by atoms with Crippen LogP contribution in [0.15, 0.2) is 84.9 Å². The van der Waals surface area contributed by atoms with Crippen LogP contribution in [-0.2, 0) is 24.3 Å². The van der Waals surface area contributed by atoms with Crippen LogP contribution in [0, 0.1) is 12.8 Å². The number of nitrogens with zero attached hydrogens (tertiary/aromatic N) is 2. The molecule has 1 aliphatic rings. The summed E-state index contributed by atoms with van der Waals surface area (Å²) in [5, 5.41) is 4.46. The number of likely N-dealkylation sites (tertiary alicyclic amines) is 1. The number of fused-ring (bicyclic) bond motifs is 1. The number of rotatable bonds is 8. The minimum absolute atomic E-state index is 0.125. The van der Waals surface area contributed by atoms with E-state index in [-0.39, 0.29) is 11.8 Å². The summed E-state index contributed by atoms with van der Waals surface area (Å²) in [4.78, 5) is 15.2. The largest absolute Gasteiger partial charge is 0.356 e. The Morgan fingerprint density at radius 2 is 1.60 bits per heavy atom. The number of carbonyl (C=O) groups excluding carboxylic acids is 1. The van der Waals surface area contributed by atoms with E-state index < -0.39 is 0 Å². The molecule has 1 N–H and O–H groups in total. The van der Waals surface area contributed by atoms with Gasteiger partial charge in [-0.2, -0.15) is 0 Å². The molecule has 1 fully saturated rings. The molecule has 35 heavy (non-hydrogen) atoms. The van der Waals surface area contributed by atoms with E-state index in [4.69, 9.17) is 0 Å². The van der Waals surface area contributed by atoms with Crippen molar-refractivity contribution in [3.05, 3.63) is 107 Å². The first-order chi connectivity index (χ1) is 17.2. The summed E-state index contributed by atoms with van der Waals surface area (Å²) in [5.74, 6) is 0.342. The van der Waals surface area contributed by atoms with Gasteiger partial charge in [0, 0.05) is 36.8 Å². The Balaban J connectivity index is 1.20. The number of amides is 1. The van der Waals surface area contributed by atoms with Gasteiger partial charge in [0.25, 0.3) is 0 Å². The van der Waals surface area contributed by atoms with Crippen LogP contribution in [0.1, 0.15) is 35.2 Å². The molecule has 0 unspecified atom stereocenters. The van der Waals surface area contributed by atoms with Gasteiger partial charge in [0.1, 0.15) is 0 Å². The maximum atomic E-state index is 12.7. The van der Waals surface area contributed by atoms with Crippen LogP contribution < -0.4 is 5.32 Å². The Bertz CT molecular complexity index is 1270. The lowest BCUT2D eigenvalue weighted by Gasteiger charge is -2.31. The average Bonchev–Trinajstić information content (AvgIpc) is 3.23. The molecule has 4 heteroatoms. The lowest BCUT2D eigenvalue weighted by atomic mass is 9.95. The molecular formula is C31H35N3O. The Kier molecular flexibility index (Phi) is 7.29. The smallest absolute Gasteiger partial charge is 0.223 e. The van der Waals surface area contributed by atoms with Crippen molar-refractivity contribution < 1.29 is 4.79 Å². The predicted molar refractivity (Wildman–Crippen MR) is 143 cm³/mol. The standard InChI is InChI=1S/C31H35N3O/c1-24-9-5-6-13-28(24)22-34-29(21-27-12-7-8-14-30(27)34)23-33-19-16-26(17-20-33)31(35)32-18-15-25-10-3-2-4-11-25/h2-14,21,26H,15-20,22-23H2,1H3,(H,32,35). The molecule has 5 rings (SSSR count). The first kappa shape index (κ1) is 23.4. The Morgan fingerprint density at radius 1 is 0.886 bits per heavy atom. The molecule has 4 aromatic rings. The minimum Gasteiger partial charge on any atom is -0.356 e. The predicted octanol–water partition coefficient (Wildman–Crippen LogP) is 5.57. The molecule has 0 aliphatic carbocycles. The molecule has 0 saturated carbocycles. The zero-order valence-electron chi connectivity index (χ0n) is 20.6. The molecule has 1 aromatic heterocycles. The van der Waals surface area contributed by atoms with Gasteiger partial charge in [-0.15, -0.1) is 0 Å². The third-order valence-electron chi connectivity index (χ3n) is 7.39. The molecule has 1 amide bonds. The van der Waals surface area contributed by atoms with Gasteiger partial charge < -0.3 is 9.88 Å². The number of piperidine rings is 1. The molecule has 2 heterocycles. The fraction of sp³-hybridized carbons (Fsp3) is 0.323. The second-order valence-corrected chi connectivity index (χ2v) is 9.78. The van der Waals surface area contributed by atoms with Gasteiger partial charge in [-0.3, -0.25) is 9.69 Å². The summed E-state index contributed by atoms with van der Waals surface area (Å²) in [6, 6.07) is 30.0. The third kappa shape index (κ3) is 5.66. The van der Waals surface area contributed by atoms with Crippen LogP contribution in [-0.4, -0.2) is 35.0 Å². The highest BCUT2D eigenvalue weighted by molar-refractivity contribution is 5.81. The van der Waals surface area contributed by atoms with Crippen molar-refractivity contribution in [3.63, 3.8) is 0 Å². The highest BCUT2D eigenvalue weighted by Gasteiger charge is 2.25. The van der Waals surface area contributed by atoms with Crippen LogP contribution in [0.25, 0.3) is 10.9 Å². The number of nitrogens with one attached hydrogen (secondary N) is 1. The molecule has 0 spiro atoms. The summed E-state index contributed by atoms with van der Waals surface area (Å²) >= 11 is 0. The summed E-state index contributed by atoms with van der Waals surface area (Å²) in [6.45, 7) is 6.63. The lowest BCUT2D eigenvalue weighted by Crippen LogP contribution is -2.41. The number of benzene rings is 3. The second kappa shape index (κ2) is 10.9. The first-order valence-electron chi connectivity index (χ1n) is 12.8. The quantitative estimate of drug-likeness (QED) is 0.369. The fourth-order valence-corrected chi connectivity index (χ4v) is 5.24. The lowest BCUT2D eigenvalue weighted by molar-refractivity contribution is -0.126. The van der Waals surface area contributed by atoms with Gasteiger partial charge in [0.05, 0.1) is 0 Å². The minimum atomic E-state index is 0.125. The van der Waals surface area contributed by atoms with Gasteiger partial charge in [-0.25, -0.2) is 0 Å². The van der Waals surface area contributed by atoms with Crippen LogP contribution in [0.3, 0.4) is 0 Å². The SMILES string of the molecule is Cc1ccccc1Cn1c(CN2CCC(C(=O)NCCc3ccccc3)CC2)cc2ccccc21. The molecule has 4 nitrogen and oxygen atoms in total. The summed E-state index contributed by atoms with van der Waals surface area (Å²) in [7, 11) is 0. The normalized spacial score (nSPS) is 14.9. The number of carbonyl (C=O) groups is 1. The van der Waals surface area contributed by atoms with E-state index in [2.05, 4.69) is 88.4 Å². The molecule has 1 aliphatic heterocycles. The van der Waals surface area contributed by atoms with E-state index in [1.165, 1.54) is 33.3 Å². The molecule has 180 valence electrons. The van der Waals surface area contributed by atoms with Crippen LogP contribution >= 0.6 is 0 Å². The van der Waals surface area contributed by atoms with E-state index in [1.54, 1.807) is 0 Å². The van der Waals surface area contributed by atoms with Crippen molar-refractivity contribution in [3.8, 4) is 0 Å². The molecule has 1 saturated heterocycles. The van der Waals surface area contributed by atoms with Crippen molar-refractivity contribution in [2.45, 2.75) is 39.3 Å². The number of aryl methyl sites for hydroxylation is 1. The van der Waals surface area contributed by atoms with Crippen molar-refractivity contribution in [1.82, 2.24) is 14.8 Å². The Morgan fingerprint density at radius 3 is 2.40 bits per heavy atom. The highest BCUT2D eigenvalue weighted by Crippen LogP contribution is 2.25. The highest BCUT2D eigenvalue weighted by atomic mass is 16.1. The van der Waals surface area contributed by atoms with E-state index in [0.717, 1.165) is 45.4 Å². The van der Waals surface area contributed by atoms with Gasteiger partial charge >= 0.3 is 0 Å². The monoisotopic (exact) mass is 465 g/mol. The van der Waals surface area contributed by atoms with Gasteiger partial charge in [-0.1, -0.05) is 72.8 Å². The molecule has 3 aromatic carbocycles. The number of para-hydroxylation sites is 1. The fourth-order valence-electron chi connectivity index (χ4n) is 5.24. The molecular weight excluding hydrogens is 430 g/mol. The number of hydrogen-bond acceptors (Lipinski definition) is 2. The second-order valence-electron chi connectivity index (χ2n) is 9.78. The maximum Gasteiger partial charge on any atom is 0.223 e.